The molecule has 0 aromatic heterocycles. The number of rotatable bonds is 4. The van der Waals surface area contributed by atoms with E-state index >= 15 is 0 Å². The van der Waals surface area contributed by atoms with E-state index in [0.29, 0.717) is 5.92 Å². The first-order valence-electron chi connectivity index (χ1n) is 4.96. The molecule has 1 unspecified atom stereocenters. The fraction of sp³-hybridized carbons (Fsp3) is 0.500. The van der Waals surface area contributed by atoms with Crippen LogP contribution in [0.25, 0.3) is 0 Å². The van der Waals surface area contributed by atoms with Crippen LogP contribution in [-0.4, -0.2) is 11.2 Å². The predicted molar refractivity (Wildman–Crippen MR) is 55.6 cm³/mol. The number of aliphatic hydroxyl groups excluding tert-OH is 1. The highest BCUT2D eigenvalue weighted by molar-refractivity contribution is 5.15. The van der Waals surface area contributed by atoms with Crippen molar-refractivity contribution in [2.75, 3.05) is 0 Å². The van der Waals surface area contributed by atoms with Crippen LogP contribution >= 0.6 is 0 Å². The predicted octanol–water partition coefficient (Wildman–Crippen LogP) is 2.64. The Morgan fingerprint density at radius 1 is 1.23 bits per heavy atom. The van der Waals surface area contributed by atoms with Gasteiger partial charge in [-0.1, -0.05) is 43.7 Å². The second kappa shape index (κ2) is 5.03. The summed E-state index contributed by atoms with van der Waals surface area (Å²) in [6.45, 7) is 4.00. The fourth-order valence-electron chi connectivity index (χ4n) is 1.57. The topological polar surface area (TPSA) is 20.2 Å². The molecular formula is C12H18O. The first-order chi connectivity index (χ1) is 6.24. The average Bonchev–Trinajstić information content (AvgIpc) is 2.15. The summed E-state index contributed by atoms with van der Waals surface area (Å²) < 4.78 is 0. The molecule has 0 saturated heterocycles. The molecule has 1 rings (SSSR count). The van der Waals surface area contributed by atoms with Crippen LogP contribution in [0.15, 0.2) is 30.3 Å². The minimum absolute atomic E-state index is 0.204. The lowest BCUT2D eigenvalue weighted by molar-refractivity contribution is 0.123. The Labute approximate surface area is 80.4 Å². The van der Waals surface area contributed by atoms with Gasteiger partial charge >= 0.3 is 0 Å². The largest absolute Gasteiger partial charge is 0.393 e. The molecule has 13 heavy (non-hydrogen) atoms. The first-order valence-corrected chi connectivity index (χ1v) is 4.96. The van der Waals surface area contributed by atoms with Gasteiger partial charge < -0.3 is 5.11 Å². The molecule has 0 aliphatic heterocycles. The molecule has 1 N–H and O–H groups in total. The van der Waals surface area contributed by atoms with E-state index in [4.69, 9.17) is 0 Å². The summed E-state index contributed by atoms with van der Waals surface area (Å²) >= 11 is 0. The molecule has 1 heteroatoms. The summed E-state index contributed by atoms with van der Waals surface area (Å²) in [7, 11) is 0. The van der Waals surface area contributed by atoms with Crippen molar-refractivity contribution in [2.24, 2.45) is 5.92 Å². The van der Waals surface area contributed by atoms with Crippen molar-refractivity contribution >= 4 is 0 Å². The zero-order valence-corrected chi connectivity index (χ0v) is 8.40. The van der Waals surface area contributed by atoms with Crippen LogP contribution in [-0.2, 0) is 6.42 Å². The maximum absolute atomic E-state index is 9.47. The monoisotopic (exact) mass is 178 g/mol. The Morgan fingerprint density at radius 3 is 2.31 bits per heavy atom. The Balaban J connectivity index is 2.57. The third kappa shape index (κ3) is 3.19. The maximum Gasteiger partial charge on any atom is 0.0543 e. The molecule has 0 aliphatic rings. The van der Waals surface area contributed by atoms with Gasteiger partial charge in [0.2, 0.25) is 0 Å². The Kier molecular flexibility index (Phi) is 3.97. The first kappa shape index (κ1) is 10.3. The van der Waals surface area contributed by atoms with Gasteiger partial charge in [0, 0.05) is 0 Å². The van der Waals surface area contributed by atoms with Crippen molar-refractivity contribution in [3.05, 3.63) is 35.9 Å². The van der Waals surface area contributed by atoms with Crippen molar-refractivity contribution in [1.82, 2.24) is 0 Å². The second-order valence-corrected chi connectivity index (χ2v) is 3.60. The van der Waals surface area contributed by atoms with Gasteiger partial charge in [-0.3, -0.25) is 0 Å². The van der Waals surface area contributed by atoms with Gasteiger partial charge in [0.25, 0.3) is 0 Å². The zero-order chi connectivity index (χ0) is 9.68. The lowest BCUT2D eigenvalue weighted by Gasteiger charge is -2.17. The molecule has 0 saturated carbocycles. The van der Waals surface area contributed by atoms with E-state index in [1.165, 1.54) is 5.56 Å². The number of hydrogen-bond acceptors (Lipinski definition) is 1. The molecule has 1 nitrogen and oxygen atoms in total. The molecule has 0 amide bonds. The highest BCUT2D eigenvalue weighted by Crippen LogP contribution is 2.15. The van der Waals surface area contributed by atoms with E-state index < -0.39 is 0 Å². The van der Waals surface area contributed by atoms with E-state index in [9.17, 15) is 5.11 Å². The molecule has 0 heterocycles. The molecular weight excluding hydrogens is 160 g/mol. The van der Waals surface area contributed by atoms with Crippen LogP contribution in [0.1, 0.15) is 25.8 Å². The van der Waals surface area contributed by atoms with Gasteiger partial charge in [-0.2, -0.15) is 0 Å². The summed E-state index contributed by atoms with van der Waals surface area (Å²) in [6, 6.07) is 10.3. The lowest BCUT2D eigenvalue weighted by Crippen LogP contribution is -2.18. The summed E-state index contributed by atoms with van der Waals surface area (Å²) in [6.07, 6.45) is 1.81. The summed E-state index contributed by atoms with van der Waals surface area (Å²) in [5.41, 5.74) is 1.32. The highest BCUT2D eigenvalue weighted by Gasteiger charge is 2.12. The van der Waals surface area contributed by atoms with Crippen molar-refractivity contribution in [3.63, 3.8) is 0 Å². The van der Waals surface area contributed by atoms with Crippen molar-refractivity contribution in [2.45, 2.75) is 32.8 Å². The molecule has 0 aliphatic carbocycles. The second-order valence-electron chi connectivity index (χ2n) is 3.60. The zero-order valence-electron chi connectivity index (χ0n) is 8.40. The third-order valence-electron chi connectivity index (χ3n) is 2.55. The summed E-state index contributed by atoms with van der Waals surface area (Å²) in [4.78, 5) is 0. The van der Waals surface area contributed by atoms with Gasteiger partial charge in [0.15, 0.2) is 0 Å². The molecule has 0 radical (unpaired) electrons. The standard InChI is InChI=1S/C12H18O/c1-3-12(10(2)13)9-11-7-5-4-6-8-11/h4-8,10,12-13H,3,9H2,1-2H3/t10-,12?/m1/s1. The van der Waals surface area contributed by atoms with Crippen LogP contribution in [0.3, 0.4) is 0 Å². The quantitative estimate of drug-likeness (QED) is 0.751. The SMILES string of the molecule is CCC(Cc1ccccc1)[C@@H](C)O. The van der Waals surface area contributed by atoms with Crippen LogP contribution in [0.4, 0.5) is 0 Å². The summed E-state index contributed by atoms with van der Waals surface area (Å²) in [5.74, 6) is 0.391. The van der Waals surface area contributed by atoms with Gasteiger partial charge in [-0.25, -0.2) is 0 Å². The number of benzene rings is 1. The molecule has 1 aromatic carbocycles. The van der Waals surface area contributed by atoms with Gasteiger partial charge in [-0.05, 0) is 24.8 Å². The third-order valence-corrected chi connectivity index (χ3v) is 2.55. The average molecular weight is 178 g/mol. The van der Waals surface area contributed by atoms with Crippen molar-refractivity contribution in [3.8, 4) is 0 Å². The van der Waals surface area contributed by atoms with E-state index in [2.05, 4.69) is 19.1 Å². The fourth-order valence-corrected chi connectivity index (χ4v) is 1.57. The maximum atomic E-state index is 9.47. The smallest absolute Gasteiger partial charge is 0.0543 e. The van der Waals surface area contributed by atoms with Gasteiger partial charge in [-0.15, -0.1) is 0 Å². The Bertz CT molecular complexity index is 228. The highest BCUT2D eigenvalue weighted by atomic mass is 16.3. The molecule has 0 spiro atoms. The lowest BCUT2D eigenvalue weighted by atomic mass is 9.93. The van der Waals surface area contributed by atoms with Crippen LogP contribution in [0, 0.1) is 5.92 Å². The van der Waals surface area contributed by atoms with Crippen LogP contribution in [0.2, 0.25) is 0 Å². The number of aliphatic hydroxyl groups is 1. The van der Waals surface area contributed by atoms with E-state index in [0.717, 1.165) is 12.8 Å². The number of hydrogen-bond donors (Lipinski definition) is 1. The molecule has 0 fully saturated rings. The van der Waals surface area contributed by atoms with Crippen molar-refractivity contribution < 1.29 is 5.11 Å². The summed E-state index contributed by atoms with van der Waals surface area (Å²) in [5, 5.41) is 9.47. The normalized spacial score (nSPS) is 15.3. The van der Waals surface area contributed by atoms with E-state index in [1.807, 2.05) is 25.1 Å². The van der Waals surface area contributed by atoms with E-state index in [-0.39, 0.29) is 6.10 Å². The molecule has 1 aromatic rings. The Morgan fingerprint density at radius 2 is 1.85 bits per heavy atom. The minimum Gasteiger partial charge on any atom is -0.393 e. The van der Waals surface area contributed by atoms with Crippen LogP contribution < -0.4 is 0 Å². The van der Waals surface area contributed by atoms with Crippen LogP contribution in [0.5, 0.6) is 0 Å². The Hall–Kier alpha value is -0.820. The van der Waals surface area contributed by atoms with E-state index in [1.54, 1.807) is 0 Å². The molecule has 2 atom stereocenters. The van der Waals surface area contributed by atoms with Gasteiger partial charge in [0.05, 0.1) is 6.10 Å². The van der Waals surface area contributed by atoms with Crippen molar-refractivity contribution in [1.29, 1.82) is 0 Å². The molecule has 72 valence electrons. The minimum atomic E-state index is -0.204. The van der Waals surface area contributed by atoms with Gasteiger partial charge in [0.1, 0.15) is 0 Å². The molecule has 0 bridgehead atoms.